The number of rotatable bonds is 2. The van der Waals surface area contributed by atoms with Crippen LogP contribution in [0.3, 0.4) is 0 Å². The molecule has 0 atom stereocenters. The normalized spacial score (nSPS) is 20.4. The van der Waals surface area contributed by atoms with Gasteiger partial charge in [0.2, 0.25) is 10.0 Å². The van der Waals surface area contributed by atoms with E-state index in [1.807, 2.05) is 13.8 Å². The Morgan fingerprint density at radius 3 is 2.74 bits per heavy atom. The highest BCUT2D eigenvalue weighted by Gasteiger charge is 2.35. The van der Waals surface area contributed by atoms with Crippen LogP contribution in [-0.4, -0.2) is 38.0 Å². The number of halogens is 1. The lowest BCUT2D eigenvalue weighted by Gasteiger charge is -2.37. The number of ether oxygens (including phenoxy) is 1. The van der Waals surface area contributed by atoms with Gasteiger partial charge in [0, 0.05) is 18.1 Å². The molecule has 7 heteroatoms. The molecule has 0 radical (unpaired) electrons. The van der Waals surface area contributed by atoms with E-state index < -0.39 is 15.6 Å². The summed E-state index contributed by atoms with van der Waals surface area (Å²) in [7, 11) is -3.64. The maximum atomic E-state index is 12.6. The molecule has 1 fully saturated rings. The number of morpholine rings is 1. The van der Waals surface area contributed by atoms with Crippen LogP contribution in [0.1, 0.15) is 13.8 Å². The molecule has 1 aliphatic rings. The fraction of sp³-hybridized carbons (Fsp3) is 0.500. The second-order valence-electron chi connectivity index (χ2n) is 5.13. The third kappa shape index (κ3) is 3.02. The Morgan fingerprint density at radius 1 is 1.42 bits per heavy atom. The van der Waals surface area contributed by atoms with Crippen molar-refractivity contribution in [3.05, 3.63) is 23.2 Å². The maximum absolute atomic E-state index is 12.6. The van der Waals surface area contributed by atoms with Gasteiger partial charge in [0.15, 0.2) is 0 Å². The smallest absolute Gasteiger partial charge is 0.245 e. The molecule has 0 aliphatic carbocycles. The lowest BCUT2D eigenvalue weighted by atomic mass is 10.1. The number of nitrogens with zero attached hydrogens (tertiary/aromatic N) is 1. The third-order valence-electron chi connectivity index (χ3n) is 2.98. The van der Waals surface area contributed by atoms with Gasteiger partial charge < -0.3 is 10.5 Å². The number of hydrogen-bond acceptors (Lipinski definition) is 4. The topological polar surface area (TPSA) is 72.6 Å². The number of sulfonamides is 1. The summed E-state index contributed by atoms with van der Waals surface area (Å²) in [6, 6.07) is 4.45. The molecular weight excluding hydrogens is 288 g/mol. The lowest BCUT2D eigenvalue weighted by molar-refractivity contribution is -0.0640. The summed E-state index contributed by atoms with van der Waals surface area (Å²) >= 11 is 5.85. The summed E-state index contributed by atoms with van der Waals surface area (Å²) < 4.78 is 32.1. The van der Waals surface area contributed by atoms with E-state index >= 15 is 0 Å². The van der Waals surface area contributed by atoms with Crippen LogP contribution < -0.4 is 5.73 Å². The van der Waals surface area contributed by atoms with E-state index in [0.717, 1.165) is 0 Å². The second kappa shape index (κ2) is 4.94. The first kappa shape index (κ1) is 14.6. The Morgan fingerprint density at radius 2 is 2.11 bits per heavy atom. The first-order valence-corrected chi connectivity index (χ1v) is 7.73. The van der Waals surface area contributed by atoms with Crippen LogP contribution in [0, 0.1) is 0 Å². The molecule has 1 heterocycles. The molecule has 1 aromatic carbocycles. The summed E-state index contributed by atoms with van der Waals surface area (Å²) in [4.78, 5) is 0.0534. The molecule has 1 aliphatic heterocycles. The van der Waals surface area contributed by atoms with Crippen molar-refractivity contribution in [2.45, 2.75) is 24.3 Å². The predicted molar refractivity (Wildman–Crippen MR) is 74.7 cm³/mol. The Bertz CT molecular complexity index is 587. The molecule has 5 nitrogen and oxygen atoms in total. The van der Waals surface area contributed by atoms with E-state index in [4.69, 9.17) is 22.1 Å². The van der Waals surface area contributed by atoms with E-state index in [2.05, 4.69) is 0 Å². The highest BCUT2D eigenvalue weighted by Crippen LogP contribution is 2.28. The number of hydrogen-bond donors (Lipinski definition) is 1. The molecule has 2 N–H and O–H groups in total. The molecule has 0 saturated carbocycles. The largest absolute Gasteiger partial charge is 0.398 e. The molecule has 1 saturated heterocycles. The molecule has 106 valence electrons. The van der Waals surface area contributed by atoms with E-state index in [0.29, 0.717) is 24.7 Å². The van der Waals surface area contributed by atoms with Crippen LogP contribution in [0.4, 0.5) is 5.69 Å². The summed E-state index contributed by atoms with van der Waals surface area (Å²) in [6.07, 6.45) is 0. The van der Waals surface area contributed by atoms with Gasteiger partial charge in [-0.25, -0.2) is 8.42 Å². The van der Waals surface area contributed by atoms with Crippen molar-refractivity contribution in [3.8, 4) is 0 Å². The van der Waals surface area contributed by atoms with Gasteiger partial charge >= 0.3 is 0 Å². The van der Waals surface area contributed by atoms with Gasteiger partial charge in [0.1, 0.15) is 4.90 Å². The van der Waals surface area contributed by atoms with Crippen LogP contribution in [-0.2, 0) is 14.8 Å². The molecule has 0 amide bonds. The van der Waals surface area contributed by atoms with Crippen LogP contribution in [0.25, 0.3) is 0 Å². The average Bonchev–Trinajstić information content (AvgIpc) is 2.31. The first-order valence-electron chi connectivity index (χ1n) is 5.91. The van der Waals surface area contributed by atoms with Gasteiger partial charge in [0.05, 0.1) is 17.9 Å². The Hall–Kier alpha value is -0.820. The lowest BCUT2D eigenvalue weighted by Crippen LogP contribution is -2.50. The van der Waals surface area contributed by atoms with Crippen molar-refractivity contribution < 1.29 is 13.2 Å². The fourth-order valence-electron chi connectivity index (χ4n) is 2.05. The summed E-state index contributed by atoms with van der Waals surface area (Å²) in [5.74, 6) is 0. The van der Waals surface area contributed by atoms with Crippen LogP contribution in [0.2, 0.25) is 5.02 Å². The molecular formula is C12H17ClN2O3S. The monoisotopic (exact) mass is 304 g/mol. The van der Waals surface area contributed by atoms with E-state index in [9.17, 15) is 8.42 Å². The van der Waals surface area contributed by atoms with Crippen LogP contribution in [0.5, 0.6) is 0 Å². The molecule has 0 unspecified atom stereocenters. The predicted octanol–water partition coefficient (Wildman–Crippen LogP) is 1.72. The zero-order valence-corrected chi connectivity index (χ0v) is 12.5. The highest BCUT2D eigenvalue weighted by atomic mass is 35.5. The van der Waals surface area contributed by atoms with Crippen molar-refractivity contribution in [2.75, 3.05) is 25.4 Å². The Labute approximate surface area is 118 Å². The molecule has 0 bridgehead atoms. The Kier molecular flexibility index (Phi) is 3.79. The second-order valence-corrected chi connectivity index (χ2v) is 7.47. The molecule has 0 aromatic heterocycles. The van der Waals surface area contributed by atoms with Crippen molar-refractivity contribution in [1.82, 2.24) is 4.31 Å². The van der Waals surface area contributed by atoms with Crippen molar-refractivity contribution in [3.63, 3.8) is 0 Å². The summed E-state index contributed by atoms with van der Waals surface area (Å²) in [5.41, 5.74) is 5.46. The van der Waals surface area contributed by atoms with Gasteiger partial charge in [-0.3, -0.25) is 0 Å². The SMILES string of the molecule is CC1(C)CN(S(=O)(=O)c2cc(Cl)ccc2N)CCO1. The Balaban J connectivity index is 2.39. The zero-order valence-electron chi connectivity index (χ0n) is 10.9. The summed E-state index contributed by atoms with van der Waals surface area (Å²) in [6.45, 7) is 4.69. The van der Waals surface area contributed by atoms with Crippen LogP contribution in [0.15, 0.2) is 23.1 Å². The zero-order chi connectivity index (χ0) is 14.3. The fourth-order valence-corrected chi connectivity index (χ4v) is 4.00. The standard InChI is InChI=1S/C12H17ClN2O3S/c1-12(2)8-15(5-6-18-12)19(16,17)11-7-9(13)3-4-10(11)14/h3-4,7H,5-6,8,14H2,1-2H3. The van der Waals surface area contributed by atoms with Gasteiger partial charge in [-0.05, 0) is 32.0 Å². The first-order chi connectivity index (χ1) is 8.72. The highest BCUT2D eigenvalue weighted by molar-refractivity contribution is 7.89. The number of nitrogen functional groups attached to an aromatic ring is 1. The van der Waals surface area contributed by atoms with Crippen LogP contribution >= 0.6 is 11.6 Å². The summed E-state index contributed by atoms with van der Waals surface area (Å²) in [5, 5.41) is 0.347. The van der Waals surface area contributed by atoms with Crippen molar-refractivity contribution >= 4 is 27.3 Å². The minimum absolute atomic E-state index is 0.0534. The van der Waals surface area contributed by atoms with Gasteiger partial charge in [-0.2, -0.15) is 4.31 Å². The minimum atomic E-state index is -3.64. The third-order valence-corrected chi connectivity index (χ3v) is 5.12. The number of benzene rings is 1. The quantitative estimate of drug-likeness (QED) is 0.844. The van der Waals surface area contributed by atoms with Crippen molar-refractivity contribution in [2.24, 2.45) is 0 Å². The van der Waals surface area contributed by atoms with E-state index in [-0.39, 0.29) is 10.6 Å². The number of nitrogens with two attached hydrogens (primary N) is 1. The van der Waals surface area contributed by atoms with Gasteiger partial charge in [-0.15, -0.1) is 0 Å². The van der Waals surface area contributed by atoms with Gasteiger partial charge in [0.25, 0.3) is 0 Å². The maximum Gasteiger partial charge on any atom is 0.245 e. The van der Waals surface area contributed by atoms with Gasteiger partial charge in [-0.1, -0.05) is 11.6 Å². The van der Waals surface area contributed by atoms with Crippen molar-refractivity contribution in [1.29, 1.82) is 0 Å². The molecule has 0 spiro atoms. The minimum Gasteiger partial charge on any atom is -0.398 e. The molecule has 19 heavy (non-hydrogen) atoms. The molecule has 1 aromatic rings. The van der Waals surface area contributed by atoms with E-state index in [1.165, 1.54) is 16.4 Å². The number of anilines is 1. The van der Waals surface area contributed by atoms with E-state index in [1.54, 1.807) is 6.07 Å². The molecule has 2 rings (SSSR count). The average molecular weight is 305 g/mol.